The molecule has 0 spiro atoms. The van der Waals surface area contributed by atoms with E-state index < -0.39 is 0 Å². The van der Waals surface area contributed by atoms with Crippen molar-refractivity contribution in [2.45, 2.75) is 65.3 Å². The van der Waals surface area contributed by atoms with Gasteiger partial charge in [-0.3, -0.25) is 0 Å². The molecule has 1 N–H and O–H groups in total. The lowest BCUT2D eigenvalue weighted by molar-refractivity contribution is 0.360. The third kappa shape index (κ3) is 3.18. The summed E-state index contributed by atoms with van der Waals surface area (Å²) in [7, 11) is 0. The van der Waals surface area contributed by atoms with Crippen molar-refractivity contribution < 1.29 is 0 Å². The highest BCUT2D eigenvalue weighted by Gasteiger charge is 2.19. The lowest BCUT2D eigenvalue weighted by atomic mass is 9.87. The molecule has 1 fully saturated rings. The molecule has 1 aromatic rings. The molecule has 2 rings (SSSR count). The van der Waals surface area contributed by atoms with Crippen LogP contribution in [0.3, 0.4) is 0 Å². The van der Waals surface area contributed by atoms with E-state index in [1.54, 1.807) is 0 Å². The number of aromatic nitrogens is 3. The number of nitrogens with one attached hydrogen (secondary N) is 1. The molecular formula is C14H24N4. The van der Waals surface area contributed by atoms with Gasteiger partial charge in [-0.2, -0.15) is 5.10 Å². The van der Waals surface area contributed by atoms with Crippen molar-refractivity contribution in [1.82, 2.24) is 15.2 Å². The fraction of sp³-hybridized carbons (Fsp3) is 0.786. The first-order valence-corrected chi connectivity index (χ1v) is 7.21. The van der Waals surface area contributed by atoms with Gasteiger partial charge in [0.15, 0.2) is 0 Å². The van der Waals surface area contributed by atoms with Gasteiger partial charge in [-0.05, 0) is 44.4 Å². The molecule has 4 nitrogen and oxygen atoms in total. The molecule has 0 unspecified atom stereocenters. The van der Waals surface area contributed by atoms with E-state index >= 15 is 0 Å². The largest absolute Gasteiger partial charge is 0.350 e. The fourth-order valence-electron chi connectivity index (χ4n) is 2.59. The zero-order valence-electron chi connectivity index (χ0n) is 11.7. The van der Waals surface area contributed by atoms with Crippen LogP contribution in [0.25, 0.3) is 0 Å². The second-order valence-electron chi connectivity index (χ2n) is 5.34. The van der Waals surface area contributed by atoms with Gasteiger partial charge < -0.3 is 5.32 Å². The smallest absolute Gasteiger partial charge is 0.243 e. The molecule has 1 heterocycles. The van der Waals surface area contributed by atoms with Crippen molar-refractivity contribution in [2.75, 3.05) is 5.32 Å². The maximum atomic E-state index is 4.59. The second kappa shape index (κ2) is 6.12. The normalized spacial score (nSPS) is 23.9. The van der Waals surface area contributed by atoms with Gasteiger partial charge in [-0.15, -0.1) is 5.10 Å². The van der Waals surface area contributed by atoms with Crippen molar-refractivity contribution in [3.8, 4) is 0 Å². The number of hydrogen-bond acceptors (Lipinski definition) is 4. The van der Waals surface area contributed by atoms with Crippen LogP contribution < -0.4 is 5.32 Å². The summed E-state index contributed by atoms with van der Waals surface area (Å²) in [6.07, 6.45) is 6.89. The summed E-state index contributed by atoms with van der Waals surface area (Å²) >= 11 is 0. The van der Waals surface area contributed by atoms with E-state index in [0.717, 1.165) is 30.1 Å². The minimum atomic E-state index is 0.528. The van der Waals surface area contributed by atoms with Crippen LogP contribution in [0.4, 0.5) is 5.95 Å². The topological polar surface area (TPSA) is 50.7 Å². The number of aryl methyl sites for hydroxylation is 2. The molecule has 0 aliphatic heterocycles. The van der Waals surface area contributed by atoms with Crippen LogP contribution in [-0.2, 0) is 12.8 Å². The molecule has 0 aromatic carbocycles. The summed E-state index contributed by atoms with van der Waals surface area (Å²) < 4.78 is 0. The van der Waals surface area contributed by atoms with E-state index in [0.29, 0.717) is 12.0 Å². The van der Waals surface area contributed by atoms with Gasteiger partial charge in [-0.1, -0.05) is 20.8 Å². The standard InChI is InChI=1S/C14H24N4/c1-4-12-13(5-2)17-18-14(16-12)15-11-8-6-10(3)7-9-11/h10-11H,4-9H2,1-3H3,(H,15,16,18). The lowest BCUT2D eigenvalue weighted by Crippen LogP contribution is -2.26. The molecule has 100 valence electrons. The Balaban J connectivity index is 2.01. The predicted molar refractivity (Wildman–Crippen MR) is 73.6 cm³/mol. The number of rotatable bonds is 4. The molecule has 1 aliphatic rings. The Hall–Kier alpha value is -1.19. The van der Waals surface area contributed by atoms with Gasteiger partial charge in [0.05, 0.1) is 11.4 Å². The van der Waals surface area contributed by atoms with E-state index in [1.807, 2.05) is 0 Å². The van der Waals surface area contributed by atoms with Crippen LogP contribution in [0.2, 0.25) is 0 Å². The monoisotopic (exact) mass is 248 g/mol. The van der Waals surface area contributed by atoms with Gasteiger partial charge in [0.25, 0.3) is 0 Å². The van der Waals surface area contributed by atoms with E-state index in [1.165, 1.54) is 25.7 Å². The zero-order valence-corrected chi connectivity index (χ0v) is 11.7. The first-order valence-electron chi connectivity index (χ1n) is 7.21. The molecule has 0 radical (unpaired) electrons. The average molecular weight is 248 g/mol. The molecule has 18 heavy (non-hydrogen) atoms. The minimum absolute atomic E-state index is 0.528. The average Bonchev–Trinajstić information content (AvgIpc) is 2.41. The Kier molecular flexibility index (Phi) is 4.50. The van der Waals surface area contributed by atoms with Crippen molar-refractivity contribution in [1.29, 1.82) is 0 Å². The van der Waals surface area contributed by atoms with Crippen LogP contribution in [0.5, 0.6) is 0 Å². The highest BCUT2D eigenvalue weighted by Crippen LogP contribution is 2.25. The summed E-state index contributed by atoms with van der Waals surface area (Å²) in [6.45, 7) is 6.55. The summed E-state index contributed by atoms with van der Waals surface area (Å²) in [6, 6.07) is 0.528. The Labute approximate surface area is 110 Å². The Morgan fingerprint density at radius 3 is 2.28 bits per heavy atom. The Morgan fingerprint density at radius 1 is 1.00 bits per heavy atom. The predicted octanol–water partition coefficient (Wildman–Crippen LogP) is 2.99. The van der Waals surface area contributed by atoms with Crippen LogP contribution in [0.15, 0.2) is 0 Å². The van der Waals surface area contributed by atoms with Crippen molar-refractivity contribution in [3.63, 3.8) is 0 Å². The van der Waals surface area contributed by atoms with Gasteiger partial charge in [-0.25, -0.2) is 4.98 Å². The number of nitrogens with zero attached hydrogens (tertiary/aromatic N) is 3. The number of hydrogen-bond donors (Lipinski definition) is 1. The zero-order chi connectivity index (χ0) is 13.0. The fourth-order valence-corrected chi connectivity index (χ4v) is 2.59. The van der Waals surface area contributed by atoms with E-state index in [-0.39, 0.29) is 0 Å². The summed E-state index contributed by atoms with van der Waals surface area (Å²) in [5.41, 5.74) is 2.11. The summed E-state index contributed by atoms with van der Waals surface area (Å²) in [5, 5.41) is 11.9. The molecule has 1 saturated carbocycles. The molecule has 0 saturated heterocycles. The third-order valence-corrected chi connectivity index (χ3v) is 3.86. The summed E-state index contributed by atoms with van der Waals surface area (Å²) in [4.78, 5) is 4.59. The maximum Gasteiger partial charge on any atom is 0.243 e. The summed E-state index contributed by atoms with van der Waals surface area (Å²) in [5.74, 6) is 1.58. The molecule has 1 aliphatic carbocycles. The van der Waals surface area contributed by atoms with E-state index in [2.05, 4.69) is 41.3 Å². The SMILES string of the molecule is CCc1nnc(NC2CCC(C)CC2)nc1CC. The Bertz CT molecular complexity index is 383. The highest BCUT2D eigenvalue weighted by molar-refractivity contribution is 5.27. The lowest BCUT2D eigenvalue weighted by Gasteiger charge is -2.26. The van der Waals surface area contributed by atoms with E-state index in [9.17, 15) is 0 Å². The van der Waals surface area contributed by atoms with Crippen LogP contribution in [0.1, 0.15) is 57.8 Å². The van der Waals surface area contributed by atoms with Crippen molar-refractivity contribution in [2.24, 2.45) is 5.92 Å². The highest BCUT2D eigenvalue weighted by atomic mass is 15.2. The van der Waals surface area contributed by atoms with Crippen molar-refractivity contribution >= 4 is 5.95 Å². The number of anilines is 1. The van der Waals surface area contributed by atoms with Gasteiger partial charge in [0.2, 0.25) is 5.95 Å². The van der Waals surface area contributed by atoms with Crippen LogP contribution >= 0.6 is 0 Å². The molecule has 4 heteroatoms. The van der Waals surface area contributed by atoms with Gasteiger partial charge >= 0.3 is 0 Å². The molecular weight excluding hydrogens is 224 g/mol. The minimum Gasteiger partial charge on any atom is -0.350 e. The van der Waals surface area contributed by atoms with Gasteiger partial charge in [0.1, 0.15) is 0 Å². The molecule has 0 atom stereocenters. The second-order valence-corrected chi connectivity index (χ2v) is 5.34. The van der Waals surface area contributed by atoms with Crippen molar-refractivity contribution in [3.05, 3.63) is 11.4 Å². The Morgan fingerprint density at radius 2 is 1.67 bits per heavy atom. The first-order chi connectivity index (χ1) is 8.72. The van der Waals surface area contributed by atoms with Gasteiger partial charge in [0, 0.05) is 6.04 Å². The third-order valence-electron chi connectivity index (χ3n) is 3.86. The first kappa shape index (κ1) is 13.2. The maximum absolute atomic E-state index is 4.59. The van der Waals surface area contributed by atoms with Crippen LogP contribution in [0, 0.1) is 5.92 Å². The van der Waals surface area contributed by atoms with E-state index in [4.69, 9.17) is 0 Å². The molecule has 1 aromatic heterocycles. The molecule has 0 bridgehead atoms. The van der Waals surface area contributed by atoms with Crippen LogP contribution in [-0.4, -0.2) is 21.2 Å². The quantitative estimate of drug-likeness (QED) is 0.890. The molecule has 0 amide bonds.